The molecule has 33 heavy (non-hydrogen) atoms. The van der Waals surface area contributed by atoms with Crippen LogP contribution in [-0.4, -0.2) is 24.6 Å². The fraction of sp³-hybridized carbons (Fsp3) is 0.0385. The third-order valence-corrected chi connectivity index (χ3v) is 4.87. The molecule has 0 saturated carbocycles. The van der Waals surface area contributed by atoms with Crippen LogP contribution in [0.4, 0.5) is 0 Å². The van der Waals surface area contributed by atoms with E-state index < -0.39 is 11.9 Å². The molecule has 0 N–H and O–H groups in total. The number of rotatable bonds is 5. The fourth-order valence-corrected chi connectivity index (χ4v) is 3.27. The van der Waals surface area contributed by atoms with Crippen molar-refractivity contribution in [2.24, 2.45) is 4.99 Å². The summed E-state index contributed by atoms with van der Waals surface area (Å²) in [5.41, 5.74) is 2.07. The van der Waals surface area contributed by atoms with Gasteiger partial charge in [0.05, 0.1) is 0 Å². The first-order valence-electron chi connectivity index (χ1n) is 10.1. The highest BCUT2D eigenvalue weighted by atomic mass is 16.7. The number of aliphatic imine (C=N–C) groups is 1. The molecule has 0 aliphatic carbocycles. The number of para-hydroxylation sites is 1. The molecule has 2 heterocycles. The van der Waals surface area contributed by atoms with Gasteiger partial charge in [-0.2, -0.15) is 0 Å². The van der Waals surface area contributed by atoms with Gasteiger partial charge in [-0.15, -0.1) is 0 Å². The summed E-state index contributed by atoms with van der Waals surface area (Å²) in [6.07, 6.45) is 4.53. The number of hydrogen-bond donors (Lipinski definition) is 0. The SMILES string of the molecule is O=C(/C=C/c1ccccc1)Oc1ccccc1/C=C1/N=C(c2ccc3c(c2)OCO3)OC1=O. The summed E-state index contributed by atoms with van der Waals surface area (Å²) in [6.45, 7) is 0.145. The zero-order valence-corrected chi connectivity index (χ0v) is 17.3. The van der Waals surface area contributed by atoms with Gasteiger partial charge in [0.1, 0.15) is 5.75 Å². The molecule has 0 amide bonds. The second-order valence-corrected chi connectivity index (χ2v) is 7.11. The highest BCUT2D eigenvalue weighted by molar-refractivity contribution is 6.13. The molecule has 7 heteroatoms. The highest BCUT2D eigenvalue weighted by Crippen LogP contribution is 2.34. The number of carbonyl (C=O) groups is 2. The summed E-state index contributed by atoms with van der Waals surface area (Å²) >= 11 is 0. The Kier molecular flexibility index (Phi) is 5.43. The second kappa shape index (κ2) is 8.84. The molecule has 0 bridgehead atoms. The quantitative estimate of drug-likeness (QED) is 0.333. The van der Waals surface area contributed by atoms with Crippen molar-refractivity contribution in [2.75, 3.05) is 6.79 Å². The first kappa shape index (κ1) is 20.3. The van der Waals surface area contributed by atoms with Crippen molar-refractivity contribution in [3.05, 3.63) is 101 Å². The Morgan fingerprint density at radius 3 is 2.61 bits per heavy atom. The number of cyclic esters (lactones) is 1. The predicted octanol–water partition coefficient (Wildman–Crippen LogP) is 4.38. The minimum absolute atomic E-state index is 0.0889. The van der Waals surface area contributed by atoms with E-state index >= 15 is 0 Å². The van der Waals surface area contributed by atoms with Gasteiger partial charge in [-0.3, -0.25) is 0 Å². The lowest BCUT2D eigenvalue weighted by atomic mass is 10.1. The van der Waals surface area contributed by atoms with Gasteiger partial charge in [-0.1, -0.05) is 48.5 Å². The molecular formula is C26H17NO6. The van der Waals surface area contributed by atoms with E-state index in [0.717, 1.165) is 5.56 Å². The van der Waals surface area contributed by atoms with E-state index in [4.69, 9.17) is 18.9 Å². The average molecular weight is 439 g/mol. The number of benzene rings is 3. The van der Waals surface area contributed by atoms with Gasteiger partial charge in [-0.25, -0.2) is 14.6 Å². The Morgan fingerprint density at radius 1 is 0.939 bits per heavy atom. The normalized spacial score (nSPS) is 15.6. The first-order valence-corrected chi connectivity index (χ1v) is 10.1. The zero-order chi connectivity index (χ0) is 22.6. The second-order valence-electron chi connectivity index (χ2n) is 7.11. The molecule has 3 aromatic rings. The lowest BCUT2D eigenvalue weighted by Gasteiger charge is -2.05. The number of nitrogens with zero attached hydrogens (tertiary/aromatic N) is 1. The van der Waals surface area contributed by atoms with Gasteiger partial charge < -0.3 is 18.9 Å². The van der Waals surface area contributed by atoms with Crippen LogP contribution in [0, 0.1) is 0 Å². The van der Waals surface area contributed by atoms with Crippen molar-refractivity contribution in [1.29, 1.82) is 0 Å². The third-order valence-electron chi connectivity index (χ3n) is 4.87. The number of hydrogen-bond acceptors (Lipinski definition) is 7. The van der Waals surface area contributed by atoms with Crippen LogP contribution in [0.3, 0.4) is 0 Å². The van der Waals surface area contributed by atoms with Crippen LogP contribution in [-0.2, 0) is 14.3 Å². The lowest BCUT2D eigenvalue weighted by Crippen LogP contribution is -2.06. The van der Waals surface area contributed by atoms with Crippen molar-refractivity contribution >= 4 is 30.0 Å². The summed E-state index contributed by atoms with van der Waals surface area (Å²) in [5.74, 6) is 0.495. The van der Waals surface area contributed by atoms with E-state index in [0.29, 0.717) is 28.4 Å². The molecule has 5 rings (SSSR count). The smallest absolute Gasteiger partial charge is 0.363 e. The monoisotopic (exact) mass is 439 g/mol. The van der Waals surface area contributed by atoms with Gasteiger partial charge in [0.15, 0.2) is 17.2 Å². The van der Waals surface area contributed by atoms with Crippen molar-refractivity contribution in [2.45, 2.75) is 0 Å². The van der Waals surface area contributed by atoms with Gasteiger partial charge >= 0.3 is 11.9 Å². The van der Waals surface area contributed by atoms with Crippen molar-refractivity contribution in [1.82, 2.24) is 0 Å². The highest BCUT2D eigenvalue weighted by Gasteiger charge is 2.26. The molecule has 0 unspecified atom stereocenters. The predicted molar refractivity (Wildman–Crippen MR) is 121 cm³/mol. The Balaban J connectivity index is 1.36. The summed E-state index contributed by atoms with van der Waals surface area (Å²) in [6, 6.07) is 21.4. The average Bonchev–Trinajstić information content (AvgIpc) is 3.45. The third kappa shape index (κ3) is 4.52. The number of fused-ring (bicyclic) bond motifs is 1. The van der Waals surface area contributed by atoms with Crippen LogP contribution in [0.25, 0.3) is 12.2 Å². The first-order chi connectivity index (χ1) is 16.2. The number of esters is 2. The molecule has 2 aliphatic rings. The maximum atomic E-state index is 12.4. The largest absolute Gasteiger partial charge is 0.454 e. The molecular weight excluding hydrogens is 422 g/mol. The van der Waals surface area contributed by atoms with Crippen LogP contribution in [0.5, 0.6) is 17.2 Å². The molecule has 0 atom stereocenters. The number of ether oxygens (including phenoxy) is 4. The molecule has 0 saturated heterocycles. The Hall–Kier alpha value is -4.65. The van der Waals surface area contributed by atoms with E-state index in [1.54, 1.807) is 48.5 Å². The van der Waals surface area contributed by atoms with E-state index in [1.807, 2.05) is 30.3 Å². The van der Waals surface area contributed by atoms with Crippen LogP contribution < -0.4 is 14.2 Å². The van der Waals surface area contributed by atoms with E-state index in [1.165, 1.54) is 12.2 Å². The minimum atomic E-state index is -0.604. The van der Waals surface area contributed by atoms with Crippen LogP contribution >= 0.6 is 0 Å². The van der Waals surface area contributed by atoms with E-state index in [2.05, 4.69) is 4.99 Å². The van der Waals surface area contributed by atoms with Gasteiger partial charge in [0.2, 0.25) is 12.7 Å². The fourth-order valence-electron chi connectivity index (χ4n) is 3.27. The Labute approximate surface area is 189 Å². The van der Waals surface area contributed by atoms with Gasteiger partial charge in [-0.05, 0) is 42.0 Å². The van der Waals surface area contributed by atoms with Crippen LogP contribution in [0.15, 0.2) is 89.6 Å². The maximum absolute atomic E-state index is 12.4. The summed E-state index contributed by atoms with van der Waals surface area (Å²) in [7, 11) is 0. The Morgan fingerprint density at radius 2 is 1.73 bits per heavy atom. The van der Waals surface area contributed by atoms with Crippen molar-refractivity contribution < 1.29 is 28.5 Å². The standard InChI is InChI=1S/C26H17NO6/c28-24(13-10-17-6-2-1-3-7-17)32-21-9-5-4-8-18(21)14-20-26(29)33-25(27-20)19-11-12-22-23(15-19)31-16-30-22/h1-15H,16H2/b13-10+,20-14+. The van der Waals surface area contributed by atoms with Gasteiger partial charge in [0, 0.05) is 17.2 Å². The van der Waals surface area contributed by atoms with Gasteiger partial charge in [0.25, 0.3) is 0 Å². The molecule has 0 radical (unpaired) electrons. The molecule has 0 fully saturated rings. The van der Waals surface area contributed by atoms with E-state index in [9.17, 15) is 9.59 Å². The van der Waals surface area contributed by atoms with E-state index in [-0.39, 0.29) is 18.4 Å². The summed E-state index contributed by atoms with van der Waals surface area (Å²) in [4.78, 5) is 29.0. The lowest BCUT2D eigenvalue weighted by molar-refractivity contribution is -0.130. The van der Waals surface area contributed by atoms with Crippen LogP contribution in [0.2, 0.25) is 0 Å². The molecule has 162 valence electrons. The summed E-state index contributed by atoms with van der Waals surface area (Å²) < 4.78 is 21.5. The van der Waals surface area contributed by atoms with Crippen LogP contribution in [0.1, 0.15) is 16.7 Å². The summed E-state index contributed by atoms with van der Waals surface area (Å²) in [5, 5.41) is 0. The molecule has 7 nitrogen and oxygen atoms in total. The Bertz CT molecular complexity index is 1320. The molecule has 2 aliphatic heterocycles. The molecule has 3 aromatic carbocycles. The molecule has 0 spiro atoms. The topological polar surface area (TPSA) is 83.4 Å². The minimum Gasteiger partial charge on any atom is -0.454 e. The maximum Gasteiger partial charge on any atom is 0.363 e. The molecule has 0 aromatic heterocycles. The van der Waals surface area contributed by atoms with Crippen molar-refractivity contribution in [3.8, 4) is 17.2 Å². The number of carbonyl (C=O) groups excluding carboxylic acids is 2. The zero-order valence-electron chi connectivity index (χ0n) is 17.3. The van der Waals surface area contributed by atoms with Crippen molar-refractivity contribution in [3.63, 3.8) is 0 Å².